The number of carbonyl (C=O) groups is 1. The van der Waals surface area contributed by atoms with Crippen LogP contribution < -0.4 is 10.0 Å². The number of hydrogen-bond acceptors (Lipinski definition) is 8. The molecule has 32 heavy (non-hydrogen) atoms. The molecule has 0 aliphatic carbocycles. The monoisotopic (exact) mass is 494 g/mol. The van der Waals surface area contributed by atoms with Gasteiger partial charge in [-0.25, -0.2) is 21.6 Å². The normalized spacial score (nSPS) is 13.0. The first-order valence-corrected chi connectivity index (χ1v) is 13.7. The van der Waals surface area contributed by atoms with Gasteiger partial charge in [0.05, 0.1) is 4.90 Å². The summed E-state index contributed by atoms with van der Waals surface area (Å²) in [4.78, 5) is 12.5. The molecule has 9 nitrogen and oxygen atoms in total. The fraction of sp³-hybridized carbons (Fsp3) is 0.250. The second-order valence-electron chi connectivity index (χ2n) is 7.12. The van der Waals surface area contributed by atoms with Gasteiger partial charge in [-0.05, 0) is 43.2 Å². The van der Waals surface area contributed by atoms with Crippen LogP contribution >= 0.6 is 11.3 Å². The Bertz CT molecular complexity index is 1320. The second kappa shape index (κ2) is 9.45. The number of hydrogen-bond donors (Lipinski definition) is 2. The van der Waals surface area contributed by atoms with Crippen LogP contribution in [0.3, 0.4) is 0 Å². The second-order valence-corrected chi connectivity index (χ2v) is 12.0. The van der Waals surface area contributed by atoms with Crippen LogP contribution in [0.1, 0.15) is 40.9 Å². The summed E-state index contributed by atoms with van der Waals surface area (Å²) < 4.78 is 51.1. The van der Waals surface area contributed by atoms with Crippen molar-refractivity contribution in [3.8, 4) is 0 Å². The Hall–Kier alpha value is -2.67. The Balaban J connectivity index is 1.74. The predicted molar refractivity (Wildman–Crippen MR) is 122 cm³/mol. The molecule has 0 saturated carbocycles. The number of carbonyl (C=O) groups excluding carboxylic acids is 1. The lowest BCUT2D eigenvalue weighted by molar-refractivity contribution is 0.102. The first kappa shape index (κ1) is 24.0. The molecule has 170 valence electrons. The molecule has 0 radical (unpaired) electrons. The summed E-state index contributed by atoms with van der Waals surface area (Å²) in [7, 11) is -7.37. The molecule has 1 heterocycles. The van der Waals surface area contributed by atoms with E-state index < -0.39 is 31.8 Å². The molecule has 0 aliphatic heterocycles. The van der Waals surface area contributed by atoms with Crippen LogP contribution in [0, 0.1) is 6.92 Å². The van der Waals surface area contributed by atoms with E-state index in [1.54, 1.807) is 43.3 Å². The minimum absolute atomic E-state index is 0.0569. The highest BCUT2D eigenvalue weighted by atomic mass is 32.2. The zero-order valence-corrected chi connectivity index (χ0v) is 20.0. The number of benzene rings is 2. The van der Waals surface area contributed by atoms with Gasteiger partial charge in [-0.3, -0.25) is 10.1 Å². The van der Waals surface area contributed by atoms with Crippen molar-refractivity contribution in [3.05, 3.63) is 65.2 Å². The van der Waals surface area contributed by atoms with Crippen molar-refractivity contribution in [3.63, 3.8) is 0 Å². The number of sulfone groups is 1. The maximum atomic E-state index is 12.8. The fourth-order valence-corrected chi connectivity index (χ4v) is 5.66. The van der Waals surface area contributed by atoms with E-state index in [0.29, 0.717) is 17.5 Å². The molecule has 0 aliphatic rings. The lowest BCUT2D eigenvalue weighted by atomic mass is 10.1. The van der Waals surface area contributed by atoms with E-state index in [9.17, 15) is 21.6 Å². The molecule has 0 unspecified atom stereocenters. The third-order valence-electron chi connectivity index (χ3n) is 4.59. The molecule has 12 heteroatoms. The zero-order chi connectivity index (χ0) is 23.5. The van der Waals surface area contributed by atoms with Crippen LogP contribution in [0.5, 0.6) is 0 Å². The number of nitrogens with zero attached hydrogens (tertiary/aromatic N) is 2. The molecule has 3 rings (SSSR count). The molecule has 2 aromatic carbocycles. The van der Waals surface area contributed by atoms with Crippen molar-refractivity contribution in [2.24, 2.45) is 0 Å². The number of aryl methyl sites for hydroxylation is 1. The molecule has 3 aromatic rings. The van der Waals surface area contributed by atoms with E-state index in [1.807, 2.05) is 6.92 Å². The van der Waals surface area contributed by atoms with Crippen molar-refractivity contribution in [2.45, 2.75) is 35.5 Å². The van der Waals surface area contributed by atoms with Crippen LogP contribution in [0.15, 0.2) is 57.8 Å². The SMILES string of the molecule is CC[C@@H](NS(=O)(=O)c1nnc(NC(=O)c2ccc(C)cc2)s1)c1ccc(S(C)(=O)=O)cc1. The maximum absolute atomic E-state index is 12.8. The average molecular weight is 495 g/mol. The van der Waals surface area contributed by atoms with Crippen LogP contribution in [0.2, 0.25) is 0 Å². The largest absolute Gasteiger partial charge is 0.296 e. The lowest BCUT2D eigenvalue weighted by Crippen LogP contribution is -2.28. The standard InChI is InChI=1S/C20H22N4O5S3/c1-4-17(14-9-11-16(12-10-14)31(3,26)27)24-32(28,29)20-23-22-19(30-20)21-18(25)15-7-5-13(2)6-8-15/h5-12,17,24H,4H2,1-3H3,(H,21,22,25)/t17-/m1/s1. The molecule has 1 aromatic heterocycles. The first-order chi connectivity index (χ1) is 15.0. The third-order valence-corrected chi connectivity index (χ3v) is 8.39. The summed E-state index contributed by atoms with van der Waals surface area (Å²) in [5.74, 6) is -0.421. The maximum Gasteiger partial charge on any atom is 0.270 e. The molecule has 0 fully saturated rings. The molecule has 0 saturated heterocycles. The summed E-state index contributed by atoms with van der Waals surface area (Å²) >= 11 is 0.736. The summed E-state index contributed by atoms with van der Waals surface area (Å²) in [6, 6.07) is 12.3. The van der Waals surface area contributed by atoms with Gasteiger partial charge in [0, 0.05) is 17.9 Å². The highest BCUT2D eigenvalue weighted by Gasteiger charge is 2.25. The number of rotatable bonds is 8. The van der Waals surface area contributed by atoms with E-state index in [2.05, 4.69) is 20.2 Å². The van der Waals surface area contributed by atoms with Crippen molar-refractivity contribution >= 4 is 42.2 Å². The highest BCUT2D eigenvalue weighted by Crippen LogP contribution is 2.25. The van der Waals surface area contributed by atoms with E-state index in [0.717, 1.165) is 23.2 Å². The summed E-state index contributed by atoms with van der Waals surface area (Å²) in [5.41, 5.74) is 2.03. The highest BCUT2D eigenvalue weighted by molar-refractivity contribution is 7.91. The average Bonchev–Trinajstić information content (AvgIpc) is 3.21. The Morgan fingerprint density at radius 1 is 1.00 bits per heavy atom. The first-order valence-electron chi connectivity index (χ1n) is 9.53. The van der Waals surface area contributed by atoms with Crippen LogP contribution in [-0.4, -0.2) is 39.2 Å². The quantitative estimate of drug-likeness (QED) is 0.460. The van der Waals surface area contributed by atoms with Gasteiger partial charge >= 0.3 is 0 Å². The third kappa shape index (κ3) is 5.76. The molecule has 2 N–H and O–H groups in total. The Kier molecular flexibility index (Phi) is 7.08. The number of aromatic nitrogens is 2. The van der Waals surface area contributed by atoms with Gasteiger partial charge in [-0.2, -0.15) is 0 Å². The van der Waals surface area contributed by atoms with Gasteiger partial charge in [-0.15, -0.1) is 10.2 Å². The zero-order valence-electron chi connectivity index (χ0n) is 17.6. The summed E-state index contributed by atoms with van der Waals surface area (Å²) in [6.07, 6.45) is 1.53. The van der Waals surface area contributed by atoms with Crippen LogP contribution in [-0.2, 0) is 19.9 Å². The van der Waals surface area contributed by atoms with Crippen LogP contribution in [0.25, 0.3) is 0 Å². The van der Waals surface area contributed by atoms with Gasteiger partial charge < -0.3 is 0 Å². The molecular formula is C20H22N4O5S3. The van der Waals surface area contributed by atoms with Gasteiger partial charge in [0.1, 0.15) is 0 Å². The Labute approximate surface area is 190 Å². The molecule has 1 atom stereocenters. The minimum Gasteiger partial charge on any atom is -0.296 e. The van der Waals surface area contributed by atoms with Crippen LogP contribution in [0.4, 0.5) is 5.13 Å². The fourth-order valence-electron chi connectivity index (χ4n) is 2.82. The van der Waals surface area contributed by atoms with E-state index in [-0.39, 0.29) is 14.4 Å². The van der Waals surface area contributed by atoms with Crippen molar-refractivity contribution in [1.82, 2.24) is 14.9 Å². The molecule has 0 bridgehead atoms. The molecule has 0 spiro atoms. The number of anilines is 1. The number of sulfonamides is 1. The Morgan fingerprint density at radius 2 is 1.62 bits per heavy atom. The van der Waals surface area contributed by atoms with Crippen molar-refractivity contribution in [1.29, 1.82) is 0 Å². The molecular weight excluding hydrogens is 472 g/mol. The lowest BCUT2D eigenvalue weighted by Gasteiger charge is -2.16. The van der Waals surface area contributed by atoms with E-state index in [1.165, 1.54) is 12.1 Å². The summed E-state index contributed by atoms with van der Waals surface area (Å²) in [5, 5.41) is 10.1. The van der Waals surface area contributed by atoms with Gasteiger partial charge in [0.2, 0.25) is 9.47 Å². The number of nitrogens with one attached hydrogen (secondary N) is 2. The molecule has 1 amide bonds. The summed E-state index contributed by atoms with van der Waals surface area (Å²) in [6.45, 7) is 3.70. The van der Waals surface area contributed by atoms with E-state index in [4.69, 9.17) is 0 Å². The predicted octanol–water partition coefficient (Wildman–Crippen LogP) is 2.93. The van der Waals surface area contributed by atoms with Gasteiger partial charge in [0.25, 0.3) is 15.9 Å². The van der Waals surface area contributed by atoms with Gasteiger partial charge in [0.15, 0.2) is 9.84 Å². The number of amides is 1. The van der Waals surface area contributed by atoms with Crippen molar-refractivity contribution < 1.29 is 21.6 Å². The topological polar surface area (TPSA) is 135 Å². The Morgan fingerprint density at radius 3 is 2.19 bits per heavy atom. The van der Waals surface area contributed by atoms with Crippen molar-refractivity contribution in [2.75, 3.05) is 11.6 Å². The van der Waals surface area contributed by atoms with E-state index >= 15 is 0 Å². The van der Waals surface area contributed by atoms with Gasteiger partial charge in [-0.1, -0.05) is 48.1 Å². The minimum atomic E-state index is -4.02. The smallest absolute Gasteiger partial charge is 0.270 e.